The Morgan fingerprint density at radius 2 is 1.78 bits per heavy atom. The van der Waals surface area contributed by atoms with Crippen LogP contribution in [0.5, 0.6) is 5.75 Å². The number of hydrogen-bond acceptors (Lipinski definition) is 5. The molecule has 0 saturated carbocycles. The zero-order chi connectivity index (χ0) is 22.1. The number of benzene rings is 2. The summed E-state index contributed by atoms with van der Waals surface area (Å²) in [6.45, 7) is 1.98. The molecule has 6 nitrogen and oxygen atoms in total. The smallest absolute Gasteiger partial charge is 0.137 e. The van der Waals surface area contributed by atoms with Crippen molar-refractivity contribution in [2.45, 2.75) is 13.3 Å². The Labute approximate surface area is 190 Å². The summed E-state index contributed by atoms with van der Waals surface area (Å²) in [4.78, 5) is 21.9. The standard InChI is InChI=1S/C25H20ClN5O/c1-15-4-3-5-20(29-15)25-24(17-7-8-19-21(14-17)28-11-10-27-19)30-23(31-25)13-16-6-9-22(32-2)18(26)12-16/h3-12,14H,13H2,1-2H3,(H,30,31). The van der Waals surface area contributed by atoms with E-state index in [1.54, 1.807) is 19.5 Å². The first-order valence-electron chi connectivity index (χ1n) is 10.2. The van der Waals surface area contributed by atoms with Gasteiger partial charge in [0.25, 0.3) is 0 Å². The molecular weight excluding hydrogens is 422 g/mol. The summed E-state index contributed by atoms with van der Waals surface area (Å²) >= 11 is 6.32. The second-order valence-electron chi connectivity index (χ2n) is 7.48. The number of hydrogen-bond donors (Lipinski definition) is 1. The highest BCUT2D eigenvalue weighted by molar-refractivity contribution is 6.32. The topological polar surface area (TPSA) is 76.6 Å². The highest BCUT2D eigenvalue weighted by atomic mass is 35.5. The van der Waals surface area contributed by atoms with E-state index in [2.05, 4.69) is 15.0 Å². The maximum atomic E-state index is 6.32. The van der Waals surface area contributed by atoms with Crippen LogP contribution >= 0.6 is 11.6 Å². The number of fused-ring (bicyclic) bond motifs is 1. The van der Waals surface area contributed by atoms with Crippen molar-refractivity contribution < 1.29 is 4.74 Å². The minimum Gasteiger partial charge on any atom is -0.495 e. The van der Waals surface area contributed by atoms with Crippen LogP contribution in [0.1, 0.15) is 17.1 Å². The van der Waals surface area contributed by atoms with Crippen molar-refractivity contribution in [3.63, 3.8) is 0 Å². The molecular formula is C25H20ClN5O. The van der Waals surface area contributed by atoms with E-state index in [-0.39, 0.29) is 0 Å². The predicted molar refractivity (Wildman–Crippen MR) is 126 cm³/mol. The largest absolute Gasteiger partial charge is 0.495 e. The Bertz CT molecular complexity index is 1430. The van der Waals surface area contributed by atoms with Gasteiger partial charge < -0.3 is 9.72 Å². The van der Waals surface area contributed by atoms with Gasteiger partial charge in [0.15, 0.2) is 0 Å². The summed E-state index contributed by atoms with van der Waals surface area (Å²) in [6, 6.07) is 17.7. The minimum absolute atomic E-state index is 0.574. The van der Waals surface area contributed by atoms with Crippen LogP contribution < -0.4 is 4.74 Å². The number of pyridine rings is 1. The molecule has 3 aromatic heterocycles. The third-order valence-electron chi connectivity index (χ3n) is 5.23. The molecule has 0 spiro atoms. The summed E-state index contributed by atoms with van der Waals surface area (Å²) in [5.41, 5.74) is 7.11. The van der Waals surface area contributed by atoms with Crippen LogP contribution in [0.3, 0.4) is 0 Å². The molecule has 3 heterocycles. The Morgan fingerprint density at radius 1 is 0.938 bits per heavy atom. The number of nitrogens with zero attached hydrogens (tertiary/aromatic N) is 4. The first kappa shape index (κ1) is 20.2. The molecule has 0 aliphatic rings. The molecule has 0 aliphatic carbocycles. The van der Waals surface area contributed by atoms with Crippen molar-refractivity contribution in [3.05, 3.63) is 89.1 Å². The van der Waals surface area contributed by atoms with Crippen molar-refractivity contribution in [2.24, 2.45) is 0 Å². The second kappa shape index (κ2) is 8.40. The van der Waals surface area contributed by atoms with E-state index in [0.717, 1.165) is 50.8 Å². The molecule has 158 valence electrons. The average molecular weight is 442 g/mol. The number of ether oxygens (including phenoxy) is 1. The summed E-state index contributed by atoms with van der Waals surface area (Å²) in [5, 5.41) is 0.574. The van der Waals surface area contributed by atoms with Crippen LogP contribution in [0.15, 0.2) is 67.0 Å². The Hall–Kier alpha value is -3.77. The zero-order valence-corrected chi connectivity index (χ0v) is 18.4. The van der Waals surface area contributed by atoms with E-state index >= 15 is 0 Å². The number of H-pyrrole nitrogens is 1. The van der Waals surface area contributed by atoms with Gasteiger partial charge in [-0.1, -0.05) is 29.8 Å². The monoisotopic (exact) mass is 441 g/mol. The van der Waals surface area contributed by atoms with Gasteiger partial charge in [-0.3, -0.25) is 15.0 Å². The lowest BCUT2D eigenvalue weighted by Crippen LogP contribution is -1.93. The van der Waals surface area contributed by atoms with Gasteiger partial charge in [-0.25, -0.2) is 4.98 Å². The van der Waals surface area contributed by atoms with Gasteiger partial charge in [0, 0.05) is 30.1 Å². The van der Waals surface area contributed by atoms with Crippen LogP contribution in [-0.2, 0) is 6.42 Å². The number of aromatic nitrogens is 5. The number of halogens is 1. The molecule has 5 rings (SSSR count). The number of imidazole rings is 1. The van der Waals surface area contributed by atoms with Crippen molar-refractivity contribution in [1.82, 2.24) is 24.9 Å². The van der Waals surface area contributed by atoms with E-state index in [0.29, 0.717) is 17.2 Å². The lowest BCUT2D eigenvalue weighted by Gasteiger charge is -2.05. The molecule has 0 fully saturated rings. The maximum absolute atomic E-state index is 6.32. The first-order valence-corrected chi connectivity index (χ1v) is 10.5. The molecule has 0 saturated heterocycles. The van der Waals surface area contributed by atoms with Crippen molar-refractivity contribution in [1.29, 1.82) is 0 Å². The maximum Gasteiger partial charge on any atom is 0.137 e. The van der Waals surface area contributed by atoms with Crippen LogP contribution in [0.4, 0.5) is 0 Å². The zero-order valence-electron chi connectivity index (χ0n) is 17.6. The fourth-order valence-electron chi connectivity index (χ4n) is 3.71. The van der Waals surface area contributed by atoms with Crippen LogP contribution in [0.25, 0.3) is 33.7 Å². The number of rotatable bonds is 5. The quantitative estimate of drug-likeness (QED) is 0.381. The molecule has 1 N–H and O–H groups in total. The molecule has 0 atom stereocenters. The molecule has 7 heteroatoms. The van der Waals surface area contributed by atoms with Crippen molar-refractivity contribution in [2.75, 3.05) is 7.11 Å². The minimum atomic E-state index is 0.574. The van der Waals surface area contributed by atoms with E-state index in [1.165, 1.54) is 0 Å². The average Bonchev–Trinajstić information content (AvgIpc) is 3.23. The van der Waals surface area contributed by atoms with Crippen molar-refractivity contribution >= 4 is 22.6 Å². The van der Waals surface area contributed by atoms with Gasteiger partial charge in [-0.15, -0.1) is 0 Å². The van der Waals surface area contributed by atoms with E-state index < -0.39 is 0 Å². The lowest BCUT2D eigenvalue weighted by atomic mass is 10.1. The molecule has 0 bridgehead atoms. The van der Waals surface area contributed by atoms with Gasteiger partial charge in [0.2, 0.25) is 0 Å². The summed E-state index contributed by atoms with van der Waals surface area (Å²) in [5.74, 6) is 1.47. The summed E-state index contributed by atoms with van der Waals surface area (Å²) in [7, 11) is 1.61. The molecule has 32 heavy (non-hydrogen) atoms. The van der Waals surface area contributed by atoms with Crippen LogP contribution in [0.2, 0.25) is 5.02 Å². The van der Waals surface area contributed by atoms with Gasteiger partial charge >= 0.3 is 0 Å². The molecule has 0 radical (unpaired) electrons. The molecule has 0 amide bonds. The fourth-order valence-corrected chi connectivity index (χ4v) is 3.99. The predicted octanol–water partition coefficient (Wildman–Crippen LogP) is 5.64. The van der Waals surface area contributed by atoms with Gasteiger partial charge in [0.1, 0.15) is 11.6 Å². The number of aromatic amines is 1. The molecule has 2 aromatic carbocycles. The normalized spacial score (nSPS) is 11.1. The van der Waals surface area contributed by atoms with Crippen LogP contribution in [-0.4, -0.2) is 32.0 Å². The third-order valence-corrected chi connectivity index (χ3v) is 5.52. The Morgan fingerprint density at radius 3 is 2.56 bits per heavy atom. The molecule has 5 aromatic rings. The highest BCUT2D eigenvalue weighted by Crippen LogP contribution is 2.32. The molecule has 0 unspecified atom stereocenters. The summed E-state index contributed by atoms with van der Waals surface area (Å²) in [6.07, 6.45) is 3.98. The lowest BCUT2D eigenvalue weighted by molar-refractivity contribution is 0.415. The Balaban J connectivity index is 1.61. The number of methoxy groups -OCH3 is 1. The second-order valence-corrected chi connectivity index (χ2v) is 7.88. The van der Waals surface area contributed by atoms with Gasteiger partial charge in [-0.05, 0) is 48.9 Å². The van der Waals surface area contributed by atoms with Gasteiger partial charge in [0.05, 0.1) is 40.2 Å². The fraction of sp³-hybridized carbons (Fsp3) is 0.120. The van der Waals surface area contributed by atoms with E-state index in [4.69, 9.17) is 26.3 Å². The first-order chi connectivity index (χ1) is 15.6. The SMILES string of the molecule is COc1ccc(Cc2nc(-c3ccc4nccnc4c3)c(-c3cccc(C)n3)[nH]2)cc1Cl. The van der Waals surface area contributed by atoms with Crippen molar-refractivity contribution in [3.8, 4) is 28.4 Å². The van der Waals surface area contributed by atoms with E-state index in [1.807, 2.05) is 61.5 Å². The third kappa shape index (κ3) is 3.92. The number of nitrogens with one attached hydrogen (secondary N) is 1. The number of aryl methyl sites for hydroxylation is 1. The van der Waals surface area contributed by atoms with E-state index in [9.17, 15) is 0 Å². The Kier molecular flexibility index (Phi) is 5.29. The van der Waals surface area contributed by atoms with Gasteiger partial charge in [-0.2, -0.15) is 0 Å². The van der Waals surface area contributed by atoms with Crippen LogP contribution in [0, 0.1) is 6.92 Å². The summed E-state index contributed by atoms with van der Waals surface area (Å²) < 4.78 is 5.26. The highest BCUT2D eigenvalue weighted by Gasteiger charge is 2.17. The molecule has 0 aliphatic heterocycles.